The third-order valence-electron chi connectivity index (χ3n) is 3.26. The molecule has 0 fully saturated rings. The first kappa shape index (κ1) is 15.2. The Morgan fingerprint density at radius 2 is 1.81 bits per heavy atom. The van der Waals surface area contributed by atoms with Gasteiger partial charge in [-0.25, -0.2) is 4.79 Å². The Labute approximate surface area is 99.7 Å². The van der Waals surface area contributed by atoms with Crippen LogP contribution in [0.3, 0.4) is 0 Å². The fraction of sp³-hybridized carbons (Fsp3) is 0.786. The van der Waals surface area contributed by atoms with Crippen molar-refractivity contribution >= 4 is 5.97 Å². The normalized spacial score (nSPS) is 12.1. The zero-order valence-electron chi connectivity index (χ0n) is 11.0. The summed E-state index contributed by atoms with van der Waals surface area (Å²) in [5.74, 6) is 0.0910. The van der Waals surface area contributed by atoms with E-state index in [-0.39, 0.29) is 0 Å². The van der Waals surface area contributed by atoms with Crippen LogP contribution in [0, 0.1) is 5.92 Å². The number of hydrogen-bond acceptors (Lipinski definition) is 1. The molecule has 0 aliphatic carbocycles. The summed E-state index contributed by atoms with van der Waals surface area (Å²) in [5.41, 5.74) is 0.472. The van der Waals surface area contributed by atoms with Gasteiger partial charge in [-0.2, -0.15) is 0 Å². The summed E-state index contributed by atoms with van der Waals surface area (Å²) in [6.45, 7) is 6.17. The van der Waals surface area contributed by atoms with E-state index in [2.05, 4.69) is 13.8 Å². The van der Waals surface area contributed by atoms with Gasteiger partial charge in [-0.1, -0.05) is 52.0 Å². The Hall–Kier alpha value is -0.790. The second-order valence-electron chi connectivity index (χ2n) is 4.51. The van der Waals surface area contributed by atoms with Crippen molar-refractivity contribution in [1.29, 1.82) is 0 Å². The van der Waals surface area contributed by atoms with Crippen molar-refractivity contribution in [3.63, 3.8) is 0 Å². The molecule has 0 aromatic rings. The van der Waals surface area contributed by atoms with Crippen molar-refractivity contribution in [3.8, 4) is 0 Å². The molecule has 0 unspecified atom stereocenters. The molecule has 0 aliphatic rings. The Kier molecular flexibility index (Phi) is 8.97. The number of carboxylic acid groups (broad SMARTS) is 1. The lowest BCUT2D eigenvalue weighted by molar-refractivity contribution is -0.132. The summed E-state index contributed by atoms with van der Waals surface area (Å²) < 4.78 is 0. The molecule has 0 amide bonds. The molecule has 16 heavy (non-hydrogen) atoms. The third kappa shape index (κ3) is 7.49. The molecule has 0 spiro atoms. The van der Waals surface area contributed by atoms with E-state index in [0.717, 1.165) is 18.8 Å². The molecule has 0 aromatic carbocycles. The van der Waals surface area contributed by atoms with Crippen LogP contribution in [-0.2, 0) is 4.79 Å². The average molecular weight is 226 g/mol. The lowest BCUT2D eigenvalue weighted by atomic mass is 9.96. The van der Waals surface area contributed by atoms with E-state index in [9.17, 15) is 4.79 Å². The number of allylic oxidation sites excluding steroid dienone is 1. The van der Waals surface area contributed by atoms with Gasteiger partial charge in [0.15, 0.2) is 0 Å². The molecule has 0 atom stereocenters. The van der Waals surface area contributed by atoms with Crippen LogP contribution in [0.1, 0.15) is 65.7 Å². The van der Waals surface area contributed by atoms with Crippen molar-refractivity contribution in [3.05, 3.63) is 11.6 Å². The first-order valence-electron chi connectivity index (χ1n) is 6.51. The number of aliphatic carboxylic acids is 1. The average Bonchev–Trinajstić information content (AvgIpc) is 2.27. The van der Waals surface area contributed by atoms with E-state index < -0.39 is 5.97 Å². The van der Waals surface area contributed by atoms with Crippen LogP contribution in [-0.4, -0.2) is 11.1 Å². The predicted octanol–water partition coefficient (Wildman–Crippen LogP) is 4.40. The smallest absolute Gasteiger partial charge is 0.330 e. The van der Waals surface area contributed by atoms with Crippen molar-refractivity contribution < 1.29 is 9.90 Å². The highest BCUT2D eigenvalue weighted by Gasteiger charge is 2.02. The van der Waals surface area contributed by atoms with Gasteiger partial charge in [0.05, 0.1) is 0 Å². The number of rotatable bonds is 9. The minimum absolute atomic E-state index is 0.472. The Morgan fingerprint density at radius 1 is 1.19 bits per heavy atom. The minimum atomic E-state index is -0.794. The summed E-state index contributed by atoms with van der Waals surface area (Å²) in [6.07, 6.45) is 10.3. The number of carboxylic acids is 1. The molecule has 0 rings (SSSR count). The monoisotopic (exact) mass is 226 g/mol. The standard InChI is InChI=1S/C14H26O2/c1-4-13(5-2)11-9-7-6-8-10-12(3)14(15)16/h10,13H,4-9,11H2,1-3H3,(H,15,16). The topological polar surface area (TPSA) is 37.3 Å². The zero-order chi connectivity index (χ0) is 12.4. The Morgan fingerprint density at radius 3 is 2.31 bits per heavy atom. The molecule has 0 saturated heterocycles. The number of unbranched alkanes of at least 4 members (excludes halogenated alkanes) is 3. The zero-order valence-corrected chi connectivity index (χ0v) is 11.0. The van der Waals surface area contributed by atoms with Crippen LogP contribution in [0.4, 0.5) is 0 Å². The molecule has 2 heteroatoms. The lowest BCUT2D eigenvalue weighted by Crippen LogP contribution is -1.97. The van der Waals surface area contributed by atoms with Gasteiger partial charge in [-0.3, -0.25) is 0 Å². The maximum absolute atomic E-state index is 10.5. The molecule has 94 valence electrons. The largest absolute Gasteiger partial charge is 0.478 e. The molecule has 1 N–H and O–H groups in total. The highest BCUT2D eigenvalue weighted by atomic mass is 16.4. The molecule has 0 bridgehead atoms. The predicted molar refractivity (Wildman–Crippen MR) is 68.5 cm³/mol. The molecule has 0 aromatic heterocycles. The Balaban J connectivity index is 3.47. The van der Waals surface area contributed by atoms with Gasteiger partial charge in [0.25, 0.3) is 0 Å². The van der Waals surface area contributed by atoms with Gasteiger partial charge in [-0.05, 0) is 25.7 Å². The Bertz CT molecular complexity index is 215. The van der Waals surface area contributed by atoms with E-state index >= 15 is 0 Å². The van der Waals surface area contributed by atoms with Crippen LogP contribution in [0.5, 0.6) is 0 Å². The van der Waals surface area contributed by atoms with E-state index in [1.165, 1.54) is 32.1 Å². The third-order valence-corrected chi connectivity index (χ3v) is 3.26. The number of carbonyl (C=O) groups is 1. The van der Waals surface area contributed by atoms with Crippen molar-refractivity contribution in [2.24, 2.45) is 5.92 Å². The van der Waals surface area contributed by atoms with Crippen LogP contribution < -0.4 is 0 Å². The van der Waals surface area contributed by atoms with Crippen LogP contribution in [0.25, 0.3) is 0 Å². The first-order chi connectivity index (χ1) is 7.61. The highest BCUT2D eigenvalue weighted by Crippen LogP contribution is 2.17. The molecular formula is C14H26O2. The van der Waals surface area contributed by atoms with E-state index in [1.807, 2.05) is 6.08 Å². The number of hydrogen-bond donors (Lipinski definition) is 1. The highest BCUT2D eigenvalue weighted by molar-refractivity contribution is 5.85. The van der Waals surface area contributed by atoms with Gasteiger partial charge in [0.2, 0.25) is 0 Å². The second-order valence-corrected chi connectivity index (χ2v) is 4.51. The molecular weight excluding hydrogens is 200 g/mol. The van der Waals surface area contributed by atoms with Crippen LogP contribution in [0.15, 0.2) is 11.6 Å². The fourth-order valence-electron chi connectivity index (χ4n) is 1.86. The van der Waals surface area contributed by atoms with Gasteiger partial charge >= 0.3 is 5.97 Å². The van der Waals surface area contributed by atoms with E-state index in [4.69, 9.17) is 5.11 Å². The molecule has 0 radical (unpaired) electrons. The van der Waals surface area contributed by atoms with Gasteiger partial charge in [-0.15, -0.1) is 0 Å². The van der Waals surface area contributed by atoms with Gasteiger partial charge in [0, 0.05) is 5.57 Å². The van der Waals surface area contributed by atoms with Crippen molar-refractivity contribution in [1.82, 2.24) is 0 Å². The molecule has 0 heterocycles. The van der Waals surface area contributed by atoms with E-state index in [0.29, 0.717) is 5.57 Å². The van der Waals surface area contributed by atoms with E-state index in [1.54, 1.807) is 6.92 Å². The summed E-state index contributed by atoms with van der Waals surface area (Å²) in [4.78, 5) is 10.5. The second kappa shape index (κ2) is 9.44. The minimum Gasteiger partial charge on any atom is -0.478 e. The maximum Gasteiger partial charge on any atom is 0.330 e. The van der Waals surface area contributed by atoms with Crippen LogP contribution >= 0.6 is 0 Å². The van der Waals surface area contributed by atoms with Crippen molar-refractivity contribution in [2.75, 3.05) is 0 Å². The summed E-state index contributed by atoms with van der Waals surface area (Å²) in [6, 6.07) is 0. The lowest BCUT2D eigenvalue weighted by Gasteiger charge is -2.10. The fourth-order valence-corrected chi connectivity index (χ4v) is 1.86. The molecule has 0 aliphatic heterocycles. The first-order valence-corrected chi connectivity index (χ1v) is 6.51. The molecule has 0 saturated carbocycles. The summed E-state index contributed by atoms with van der Waals surface area (Å²) >= 11 is 0. The van der Waals surface area contributed by atoms with Crippen LogP contribution in [0.2, 0.25) is 0 Å². The van der Waals surface area contributed by atoms with Gasteiger partial charge < -0.3 is 5.11 Å². The quantitative estimate of drug-likeness (QED) is 0.467. The maximum atomic E-state index is 10.5. The summed E-state index contributed by atoms with van der Waals surface area (Å²) in [7, 11) is 0. The molecule has 2 nitrogen and oxygen atoms in total. The van der Waals surface area contributed by atoms with Crippen molar-refractivity contribution in [2.45, 2.75) is 65.7 Å². The summed E-state index contributed by atoms with van der Waals surface area (Å²) in [5, 5.41) is 8.65. The SMILES string of the molecule is CCC(CC)CCCCCC=C(C)C(=O)O. The van der Waals surface area contributed by atoms with Gasteiger partial charge in [0.1, 0.15) is 0 Å².